The number of amides is 1. The van der Waals surface area contributed by atoms with E-state index in [1.807, 2.05) is 26.0 Å². The van der Waals surface area contributed by atoms with Crippen LogP contribution < -0.4 is 9.47 Å². The summed E-state index contributed by atoms with van der Waals surface area (Å²) in [4.78, 5) is 29.0. The number of nitrogens with zero attached hydrogens (tertiary/aromatic N) is 3. The number of pyridine rings is 1. The highest BCUT2D eigenvalue weighted by Gasteiger charge is 2.22. The fourth-order valence-electron chi connectivity index (χ4n) is 3.33. The predicted molar refractivity (Wildman–Crippen MR) is 111 cm³/mol. The van der Waals surface area contributed by atoms with E-state index in [0.717, 1.165) is 16.8 Å². The highest BCUT2D eigenvalue weighted by atomic mass is 16.5. The number of fused-ring (bicyclic) bond motifs is 1. The number of aromatic nitrogens is 1. The van der Waals surface area contributed by atoms with Gasteiger partial charge in [-0.15, -0.1) is 0 Å². The van der Waals surface area contributed by atoms with Crippen LogP contribution in [0, 0.1) is 11.3 Å². The Morgan fingerprint density at radius 3 is 2.77 bits per heavy atom. The van der Waals surface area contributed by atoms with Crippen LogP contribution in [0.5, 0.6) is 11.6 Å². The van der Waals surface area contributed by atoms with Crippen LogP contribution in [0.3, 0.4) is 0 Å². The van der Waals surface area contributed by atoms with Crippen LogP contribution in [0.25, 0.3) is 0 Å². The van der Waals surface area contributed by atoms with E-state index in [1.165, 1.54) is 0 Å². The third-order valence-electron chi connectivity index (χ3n) is 4.84. The van der Waals surface area contributed by atoms with Gasteiger partial charge in [0.15, 0.2) is 0 Å². The smallest absolute Gasteiger partial charge is 0.303 e. The van der Waals surface area contributed by atoms with Crippen LogP contribution in [-0.2, 0) is 29.2 Å². The zero-order chi connectivity index (χ0) is 22.4. The van der Waals surface area contributed by atoms with Crippen molar-refractivity contribution >= 4 is 11.9 Å². The molecule has 0 saturated carbocycles. The molecule has 8 heteroatoms. The van der Waals surface area contributed by atoms with Crippen molar-refractivity contribution < 1.29 is 24.2 Å². The quantitative estimate of drug-likeness (QED) is 0.694. The van der Waals surface area contributed by atoms with E-state index in [-0.39, 0.29) is 31.5 Å². The Morgan fingerprint density at radius 2 is 2.06 bits per heavy atom. The Balaban J connectivity index is 1.61. The Kier molecular flexibility index (Phi) is 7.08. The van der Waals surface area contributed by atoms with Crippen LogP contribution in [0.1, 0.15) is 49.1 Å². The third-order valence-corrected chi connectivity index (χ3v) is 4.84. The lowest BCUT2D eigenvalue weighted by Crippen LogP contribution is -2.36. The van der Waals surface area contributed by atoms with Crippen molar-refractivity contribution in [3.8, 4) is 17.7 Å². The van der Waals surface area contributed by atoms with Gasteiger partial charge in [-0.1, -0.05) is 12.1 Å². The molecule has 1 N–H and O–H groups in total. The summed E-state index contributed by atoms with van der Waals surface area (Å²) in [5, 5.41) is 18.1. The molecule has 0 bridgehead atoms. The molecule has 8 nitrogen and oxygen atoms in total. The minimum Gasteiger partial charge on any atom is -0.490 e. The van der Waals surface area contributed by atoms with Crippen LogP contribution >= 0.6 is 0 Å². The molecule has 0 aliphatic carbocycles. The summed E-state index contributed by atoms with van der Waals surface area (Å²) in [6, 6.07) is 11.2. The number of carbonyl (C=O) groups excluding carboxylic acids is 1. The first-order chi connectivity index (χ1) is 14.9. The van der Waals surface area contributed by atoms with Gasteiger partial charge in [0, 0.05) is 32.0 Å². The highest BCUT2D eigenvalue weighted by Crippen LogP contribution is 2.24. The van der Waals surface area contributed by atoms with Crippen molar-refractivity contribution in [1.29, 1.82) is 5.26 Å². The van der Waals surface area contributed by atoms with E-state index in [0.29, 0.717) is 36.7 Å². The Labute approximate surface area is 181 Å². The van der Waals surface area contributed by atoms with Crippen molar-refractivity contribution in [2.75, 3.05) is 6.54 Å². The molecule has 0 radical (unpaired) electrons. The molecule has 162 valence electrons. The molecule has 0 spiro atoms. The maximum atomic E-state index is 12.2. The van der Waals surface area contributed by atoms with E-state index < -0.39 is 5.97 Å². The molecule has 1 aromatic heterocycles. The van der Waals surface area contributed by atoms with E-state index in [4.69, 9.17) is 14.6 Å². The fourth-order valence-corrected chi connectivity index (χ4v) is 3.33. The van der Waals surface area contributed by atoms with Crippen LogP contribution in [0.2, 0.25) is 0 Å². The number of benzene rings is 1. The fraction of sp³-hybridized carbons (Fsp3) is 0.391. The van der Waals surface area contributed by atoms with Crippen molar-refractivity contribution in [3.05, 3.63) is 52.7 Å². The molecule has 1 aliphatic heterocycles. The number of carboxylic acids is 1. The summed E-state index contributed by atoms with van der Waals surface area (Å²) < 4.78 is 11.4. The van der Waals surface area contributed by atoms with Crippen LogP contribution in [-0.4, -0.2) is 39.5 Å². The van der Waals surface area contributed by atoms with E-state index in [1.54, 1.807) is 23.1 Å². The lowest BCUT2D eigenvalue weighted by atomic mass is 10.1. The molecule has 0 fully saturated rings. The van der Waals surface area contributed by atoms with Gasteiger partial charge in [-0.2, -0.15) is 5.26 Å². The molecule has 2 heterocycles. The minimum absolute atomic E-state index is 0.00493. The van der Waals surface area contributed by atoms with Crippen molar-refractivity contribution in [2.45, 2.75) is 52.4 Å². The topological polar surface area (TPSA) is 113 Å². The zero-order valence-electron chi connectivity index (χ0n) is 17.6. The normalized spacial score (nSPS) is 12.8. The minimum atomic E-state index is -0.974. The van der Waals surface area contributed by atoms with Crippen LogP contribution in [0.15, 0.2) is 30.3 Å². The molecule has 0 atom stereocenters. The van der Waals surface area contributed by atoms with Crippen molar-refractivity contribution in [1.82, 2.24) is 9.88 Å². The lowest BCUT2D eigenvalue weighted by molar-refractivity contribution is -0.141. The summed E-state index contributed by atoms with van der Waals surface area (Å²) in [7, 11) is 0. The second-order valence-electron chi connectivity index (χ2n) is 7.61. The number of nitriles is 1. The average molecular weight is 423 g/mol. The zero-order valence-corrected chi connectivity index (χ0v) is 17.6. The van der Waals surface area contributed by atoms with Gasteiger partial charge >= 0.3 is 5.97 Å². The van der Waals surface area contributed by atoms with Crippen molar-refractivity contribution in [3.63, 3.8) is 0 Å². The van der Waals surface area contributed by atoms with E-state index in [9.17, 15) is 14.9 Å². The first-order valence-electron chi connectivity index (χ1n) is 10.2. The molecular weight excluding hydrogens is 398 g/mol. The molecule has 2 aromatic rings. The van der Waals surface area contributed by atoms with Gasteiger partial charge in [-0.25, -0.2) is 4.98 Å². The van der Waals surface area contributed by atoms with Gasteiger partial charge in [0.25, 0.3) is 0 Å². The maximum absolute atomic E-state index is 12.2. The summed E-state index contributed by atoms with van der Waals surface area (Å²) in [6.45, 7) is 5.01. The van der Waals surface area contributed by atoms with Crippen LogP contribution in [0.4, 0.5) is 0 Å². The molecule has 1 amide bonds. The third kappa shape index (κ3) is 5.95. The summed E-state index contributed by atoms with van der Waals surface area (Å²) in [6.07, 6.45) is 0.416. The van der Waals surface area contributed by atoms with Gasteiger partial charge in [0.2, 0.25) is 11.8 Å². The van der Waals surface area contributed by atoms with E-state index in [2.05, 4.69) is 11.1 Å². The second kappa shape index (κ2) is 9.94. The molecule has 31 heavy (non-hydrogen) atoms. The van der Waals surface area contributed by atoms with Gasteiger partial charge < -0.3 is 19.5 Å². The lowest BCUT2D eigenvalue weighted by Gasteiger charge is -2.28. The highest BCUT2D eigenvalue weighted by molar-refractivity contribution is 5.80. The average Bonchev–Trinajstić information content (AvgIpc) is 2.75. The number of rotatable bonds is 8. The van der Waals surface area contributed by atoms with Gasteiger partial charge in [0.05, 0.1) is 23.8 Å². The summed E-state index contributed by atoms with van der Waals surface area (Å²) in [5.74, 6) is -0.106. The number of aliphatic carboxylic acids is 1. The predicted octanol–water partition coefficient (Wildman–Crippen LogP) is 3.07. The van der Waals surface area contributed by atoms with Gasteiger partial charge in [0.1, 0.15) is 18.4 Å². The number of hydrogen-bond acceptors (Lipinski definition) is 6. The SMILES string of the molecule is CC(C)Oc1ccc(COc2ccc3c(n2)CCN(C(=O)CCC(=O)O)C3)cc1C#N. The number of carbonyl (C=O) groups is 2. The second-order valence-corrected chi connectivity index (χ2v) is 7.61. The van der Waals surface area contributed by atoms with Gasteiger partial charge in [-0.05, 0) is 37.1 Å². The number of hydrogen-bond donors (Lipinski definition) is 1. The Morgan fingerprint density at radius 1 is 1.26 bits per heavy atom. The largest absolute Gasteiger partial charge is 0.490 e. The molecule has 1 aromatic carbocycles. The standard InChI is InChI=1S/C23H25N3O5/c1-15(2)31-20-5-3-16(11-18(20)12-24)14-30-21-6-4-17-13-26(10-9-19(17)25-21)22(27)7-8-23(28)29/h3-6,11,15H,7-10,13-14H2,1-2H3,(H,28,29). The Hall–Kier alpha value is -3.60. The maximum Gasteiger partial charge on any atom is 0.303 e. The molecule has 0 saturated heterocycles. The summed E-state index contributed by atoms with van der Waals surface area (Å²) in [5.41, 5.74) is 3.10. The molecule has 0 unspecified atom stereocenters. The van der Waals surface area contributed by atoms with Gasteiger partial charge in [-0.3, -0.25) is 9.59 Å². The first-order valence-corrected chi connectivity index (χ1v) is 10.2. The monoisotopic (exact) mass is 423 g/mol. The van der Waals surface area contributed by atoms with E-state index >= 15 is 0 Å². The molecular formula is C23H25N3O5. The first kappa shape index (κ1) is 22.1. The molecule has 3 rings (SSSR count). The number of ether oxygens (including phenoxy) is 2. The molecule has 1 aliphatic rings. The number of carboxylic acid groups (broad SMARTS) is 1. The Bertz CT molecular complexity index is 1010. The summed E-state index contributed by atoms with van der Waals surface area (Å²) >= 11 is 0. The van der Waals surface area contributed by atoms with Crippen molar-refractivity contribution in [2.24, 2.45) is 0 Å².